The Morgan fingerprint density at radius 1 is 1.32 bits per heavy atom. The SMILES string of the molecule is CC(C)Oc1cn2c(-c3cccc(NC4CCN(C(=O)O)C4)n3)cnc2cn1. The smallest absolute Gasteiger partial charge is 0.407 e. The van der Waals surface area contributed by atoms with E-state index < -0.39 is 6.09 Å². The summed E-state index contributed by atoms with van der Waals surface area (Å²) in [5.74, 6) is 1.23. The van der Waals surface area contributed by atoms with Crippen molar-refractivity contribution in [2.45, 2.75) is 32.4 Å². The molecule has 4 heterocycles. The van der Waals surface area contributed by atoms with Gasteiger partial charge in [0.25, 0.3) is 0 Å². The van der Waals surface area contributed by atoms with E-state index in [9.17, 15) is 4.79 Å². The van der Waals surface area contributed by atoms with Crippen molar-refractivity contribution in [2.75, 3.05) is 18.4 Å². The number of ether oxygens (including phenoxy) is 1. The van der Waals surface area contributed by atoms with Crippen molar-refractivity contribution in [1.82, 2.24) is 24.3 Å². The van der Waals surface area contributed by atoms with Crippen LogP contribution < -0.4 is 10.1 Å². The maximum Gasteiger partial charge on any atom is 0.407 e. The highest BCUT2D eigenvalue weighted by Gasteiger charge is 2.26. The molecule has 1 saturated heterocycles. The number of pyridine rings is 1. The Hall–Kier alpha value is -3.36. The number of carbonyl (C=O) groups is 1. The first-order valence-electron chi connectivity index (χ1n) is 9.21. The normalized spacial score (nSPS) is 16.7. The van der Waals surface area contributed by atoms with Crippen LogP contribution >= 0.6 is 0 Å². The van der Waals surface area contributed by atoms with Crippen LogP contribution in [0, 0.1) is 0 Å². The van der Waals surface area contributed by atoms with Gasteiger partial charge in [-0.05, 0) is 32.4 Å². The molecule has 0 aliphatic carbocycles. The highest BCUT2D eigenvalue weighted by atomic mass is 16.5. The van der Waals surface area contributed by atoms with Crippen LogP contribution in [-0.2, 0) is 0 Å². The fraction of sp³-hybridized carbons (Fsp3) is 0.368. The molecule has 0 spiro atoms. The van der Waals surface area contributed by atoms with Gasteiger partial charge in [0.15, 0.2) is 5.65 Å². The van der Waals surface area contributed by atoms with Crippen molar-refractivity contribution >= 4 is 17.6 Å². The zero-order valence-electron chi connectivity index (χ0n) is 15.7. The van der Waals surface area contributed by atoms with Crippen LogP contribution in [0.25, 0.3) is 17.0 Å². The summed E-state index contributed by atoms with van der Waals surface area (Å²) >= 11 is 0. The van der Waals surface area contributed by atoms with E-state index in [2.05, 4.69) is 15.3 Å². The van der Waals surface area contributed by atoms with Gasteiger partial charge >= 0.3 is 6.09 Å². The number of nitrogens with one attached hydrogen (secondary N) is 1. The van der Waals surface area contributed by atoms with Crippen LogP contribution in [-0.4, -0.2) is 60.7 Å². The van der Waals surface area contributed by atoms with E-state index in [0.29, 0.717) is 30.4 Å². The van der Waals surface area contributed by atoms with E-state index in [0.717, 1.165) is 17.8 Å². The van der Waals surface area contributed by atoms with Crippen molar-refractivity contribution in [1.29, 1.82) is 0 Å². The van der Waals surface area contributed by atoms with Crippen molar-refractivity contribution in [2.24, 2.45) is 0 Å². The molecule has 1 amide bonds. The lowest BCUT2D eigenvalue weighted by atomic mass is 10.2. The van der Waals surface area contributed by atoms with Gasteiger partial charge < -0.3 is 20.1 Å². The molecule has 3 aromatic heterocycles. The molecule has 0 radical (unpaired) electrons. The summed E-state index contributed by atoms with van der Waals surface area (Å²) in [7, 11) is 0. The summed E-state index contributed by atoms with van der Waals surface area (Å²) in [5, 5.41) is 12.4. The van der Waals surface area contributed by atoms with E-state index in [1.807, 2.05) is 36.4 Å². The summed E-state index contributed by atoms with van der Waals surface area (Å²) in [6.45, 7) is 4.89. The summed E-state index contributed by atoms with van der Waals surface area (Å²) in [4.78, 5) is 25.8. The Balaban J connectivity index is 1.58. The molecule has 146 valence electrons. The number of anilines is 1. The summed E-state index contributed by atoms with van der Waals surface area (Å²) < 4.78 is 7.58. The first-order valence-corrected chi connectivity index (χ1v) is 9.21. The quantitative estimate of drug-likeness (QED) is 0.699. The minimum absolute atomic E-state index is 0.0272. The Kier molecular flexibility index (Phi) is 4.72. The van der Waals surface area contributed by atoms with E-state index in [-0.39, 0.29) is 12.1 Å². The molecule has 0 aromatic carbocycles. The van der Waals surface area contributed by atoms with E-state index in [1.54, 1.807) is 18.6 Å². The van der Waals surface area contributed by atoms with Gasteiger partial charge in [-0.2, -0.15) is 0 Å². The van der Waals surface area contributed by atoms with Gasteiger partial charge in [-0.3, -0.25) is 4.40 Å². The predicted molar refractivity (Wildman–Crippen MR) is 104 cm³/mol. The van der Waals surface area contributed by atoms with Crippen LogP contribution in [0.3, 0.4) is 0 Å². The zero-order chi connectivity index (χ0) is 19.7. The second-order valence-electron chi connectivity index (χ2n) is 7.03. The Morgan fingerprint density at radius 2 is 2.18 bits per heavy atom. The average Bonchev–Trinajstić information content (AvgIpc) is 3.28. The first kappa shape index (κ1) is 18.0. The molecule has 28 heavy (non-hydrogen) atoms. The molecular formula is C19H22N6O3. The minimum Gasteiger partial charge on any atom is -0.474 e. The molecule has 2 N–H and O–H groups in total. The van der Waals surface area contributed by atoms with Gasteiger partial charge in [0.05, 0.1) is 36.1 Å². The molecule has 4 rings (SSSR count). The Bertz CT molecular complexity index is 1000. The number of aromatic nitrogens is 4. The molecule has 9 heteroatoms. The third kappa shape index (κ3) is 3.68. The number of rotatable bonds is 5. The van der Waals surface area contributed by atoms with E-state index >= 15 is 0 Å². The van der Waals surface area contributed by atoms with Crippen LogP contribution in [0.1, 0.15) is 20.3 Å². The standard InChI is InChI=1S/C19H22N6O3/c1-12(2)28-18-11-25-15(8-20-17(25)9-21-18)14-4-3-5-16(23-14)22-13-6-7-24(10-13)19(26)27/h3-5,8-9,11-13H,6-7,10H2,1-2H3,(H,22,23)(H,26,27). The molecule has 1 aliphatic heterocycles. The number of hydrogen-bond donors (Lipinski definition) is 2. The Morgan fingerprint density at radius 3 is 2.93 bits per heavy atom. The molecule has 1 unspecified atom stereocenters. The fourth-order valence-corrected chi connectivity index (χ4v) is 3.28. The lowest BCUT2D eigenvalue weighted by Gasteiger charge is -2.15. The van der Waals surface area contributed by atoms with Crippen molar-refractivity contribution in [3.63, 3.8) is 0 Å². The lowest BCUT2D eigenvalue weighted by molar-refractivity contribution is 0.155. The van der Waals surface area contributed by atoms with Crippen molar-refractivity contribution < 1.29 is 14.6 Å². The number of carboxylic acid groups (broad SMARTS) is 1. The second-order valence-corrected chi connectivity index (χ2v) is 7.03. The second kappa shape index (κ2) is 7.34. The molecule has 1 atom stereocenters. The molecule has 0 bridgehead atoms. The number of hydrogen-bond acceptors (Lipinski definition) is 6. The van der Waals surface area contributed by atoms with Gasteiger partial charge in [-0.15, -0.1) is 0 Å². The predicted octanol–water partition coefficient (Wildman–Crippen LogP) is 2.74. The summed E-state index contributed by atoms with van der Waals surface area (Å²) in [6.07, 6.45) is 5.13. The van der Waals surface area contributed by atoms with Gasteiger partial charge in [-0.25, -0.2) is 19.7 Å². The van der Waals surface area contributed by atoms with Crippen LogP contribution in [0.2, 0.25) is 0 Å². The van der Waals surface area contributed by atoms with E-state index in [4.69, 9.17) is 14.8 Å². The largest absolute Gasteiger partial charge is 0.474 e. The topological polar surface area (TPSA) is 105 Å². The third-order valence-corrected chi connectivity index (χ3v) is 4.55. The average molecular weight is 382 g/mol. The van der Waals surface area contributed by atoms with Gasteiger partial charge in [0.2, 0.25) is 5.88 Å². The zero-order valence-corrected chi connectivity index (χ0v) is 15.7. The third-order valence-electron chi connectivity index (χ3n) is 4.55. The van der Waals surface area contributed by atoms with Crippen LogP contribution in [0.15, 0.2) is 36.8 Å². The maximum absolute atomic E-state index is 11.1. The molecule has 0 saturated carbocycles. The fourth-order valence-electron chi connectivity index (χ4n) is 3.28. The molecule has 3 aromatic rings. The monoisotopic (exact) mass is 382 g/mol. The summed E-state index contributed by atoms with van der Waals surface area (Å²) in [5.41, 5.74) is 2.29. The number of amides is 1. The minimum atomic E-state index is -0.884. The Labute approximate surface area is 162 Å². The maximum atomic E-state index is 11.1. The number of likely N-dealkylation sites (tertiary alicyclic amines) is 1. The highest BCUT2D eigenvalue weighted by Crippen LogP contribution is 2.23. The number of imidazole rings is 1. The van der Waals surface area contributed by atoms with Gasteiger partial charge in [0.1, 0.15) is 5.82 Å². The van der Waals surface area contributed by atoms with Gasteiger partial charge in [0, 0.05) is 19.1 Å². The number of fused-ring (bicyclic) bond motifs is 1. The van der Waals surface area contributed by atoms with E-state index in [1.165, 1.54) is 4.90 Å². The van der Waals surface area contributed by atoms with Gasteiger partial charge in [-0.1, -0.05) is 6.07 Å². The lowest BCUT2D eigenvalue weighted by Crippen LogP contribution is -2.30. The summed E-state index contributed by atoms with van der Waals surface area (Å²) in [6, 6.07) is 5.76. The molecular weight excluding hydrogens is 360 g/mol. The van der Waals surface area contributed by atoms with Crippen LogP contribution in [0.5, 0.6) is 5.88 Å². The van der Waals surface area contributed by atoms with Crippen LogP contribution in [0.4, 0.5) is 10.6 Å². The highest BCUT2D eigenvalue weighted by molar-refractivity contribution is 5.66. The molecule has 1 fully saturated rings. The molecule has 9 nitrogen and oxygen atoms in total. The van der Waals surface area contributed by atoms with Crippen molar-refractivity contribution in [3.8, 4) is 17.3 Å². The van der Waals surface area contributed by atoms with Crippen molar-refractivity contribution in [3.05, 3.63) is 36.8 Å². The number of nitrogens with zero attached hydrogens (tertiary/aromatic N) is 5. The first-order chi connectivity index (χ1) is 13.5. The molecule has 1 aliphatic rings.